The highest BCUT2D eigenvalue weighted by molar-refractivity contribution is 7.70. The fourth-order valence-electron chi connectivity index (χ4n) is 1.26. The summed E-state index contributed by atoms with van der Waals surface area (Å²) in [6, 6.07) is 1.76. The molecule has 0 saturated carbocycles. The molecule has 0 aliphatic carbocycles. The lowest BCUT2D eigenvalue weighted by Gasteiger charge is -2.20. The van der Waals surface area contributed by atoms with E-state index in [-0.39, 0.29) is 25.6 Å². The van der Waals surface area contributed by atoms with Crippen LogP contribution in [-0.2, 0) is 9.13 Å². The van der Waals surface area contributed by atoms with Crippen LogP contribution in [0.4, 0.5) is 0 Å². The molecular weight excluding hydrogens is 312 g/mol. The van der Waals surface area contributed by atoms with Crippen molar-refractivity contribution in [3.8, 4) is 6.01 Å². The number of nitrogens with zero attached hydrogens (tertiary/aromatic N) is 2. The van der Waals surface area contributed by atoms with E-state index in [0.29, 0.717) is 0 Å². The van der Waals surface area contributed by atoms with Crippen molar-refractivity contribution in [2.45, 2.75) is 11.9 Å². The maximum absolute atomic E-state index is 11.0. The summed E-state index contributed by atoms with van der Waals surface area (Å²) in [6.07, 6.45) is 3.23. The molecule has 1 rings (SSSR count). The monoisotopic (exact) mass is 327 g/mol. The molecule has 0 radical (unpaired) electrons. The molecule has 1 aromatic rings. The Labute approximate surface area is 114 Å². The maximum Gasteiger partial charge on any atom is 0.354 e. The van der Waals surface area contributed by atoms with Crippen molar-refractivity contribution >= 4 is 15.2 Å². The van der Waals surface area contributed by atoms with Crippen molar-refractivity contribution in [1.82, 2.24) is 15.3 Å². The van der Waals surface area contributed by atoms with Crippen LogP contribution in [0.25, 0.3) is 0 Å². The van der Waals surface area contributed by atoms with E-state index in [9.17, 15) is 9.13 Å². The molecular formula is C8H15N3O7P2. The maximum atomic E-state index is 11.0. The van der Waals surface area contributed by atoms with Gasteiger partial charge in [-0.15, -0.1) is 0 Å². The molecule has 0 bridgehead atoms. The number of ether oxygens (including phenoxy) is 1. The van der Waals surface area contributed by atoms with E-state index in [1.807, 2.05) is 0 Å². The fourth-order valence-corrected chi connectivity index (χ4v) is 3.56. The number of hydrogen-bond acceptors (Lipinski definition) is 6. The van der Waals surface area contributed by atoms with E-state index < -0.39 is 20.7 Å². The van der Waals surface area contributed by atoms with Crippen molar-refractivity contribution < 1.29 is 33.4 Å². The normalized spacial score (nSPS) is 12.7. The summed E-state index contributed by atoms with van der Waals surface area (Å²) in [5.41, 5.74) is -2.21. The highest BCUT2D eigenvalue weighted by Crippen LogP contribution is 2.58. The predicted molar refractivity (Wildman–Crippen MR) is 68.0 cm³/mol. The Morgan fingerprint density at radius 1 is 1.15 bits per heavy atom. The minimum atomic E-state index is -4.94. The van der Waals surface area contributed by atoms with Crippen molar-refractivity contribution in [3.05, 3.63) is 18.5 Å². The Kier molecular flexibility index (Phi) is 6.22. The zero-order valence-corrected chi connectivity index (χ0v) is 12.0. The van der Waals surface area contributed by atoms with E-state index in [1.54, 1.807) is 6.07 Å². The summed E-state index contributed by atoms with van der Waals surface area (Å²) >= 11 is 0. The van der Waals surface area contributed by atoms with Gasteiger partial charge in [-0.05, 0) is 19.0 Å². The standard InChI is InChI=1S/C8H15N3O7P2/c12-19(13,14)8(20(15,16)17)11-5-2-6-18-7-9-3-1-4-10-7/h1,3-4,8,11H,2,5-6H2,(H2,12,13,14)(H2,15,16,17). The Bertz CT molecular complexity index is 480. The van der Waals surface area contributed by atoms with Crippen molar-refractivity contribution in [1.29, 1.82) is 0 Å². The fraction of sp³-hybridized carbons (Fsp3) is 0.500. The Hall–Kier alpha value is -0.860. The molecule has 20 heavy (non-hydrogen) atoms. The van der Waals surface area contributed by atoms with Gasteiger partial charge in [-0.1, -0.05) is 0 Å². The molecule has 0 unspecified atom stereocenters. The van der Waals surface area contributed by atoms with Crippen molar-refractivity contribution in [2.24, 2.45) is 0 Å². The number of rotatable bonds is 8. The van der Waals surface area contributed by atoms with Gasteiger partial charge in [0.15, 0.2) is 0 Å². The van der Waals surface area contributed by atoms with Crippen LogP contribution in [0.3, 0.4) is 0 Å². The van der Waals surface area contributed by atoms with Crippen LogP contribution >= 0.6 is 15.2 Å². The highest BCUT2D eigenvalue weighted by Gasteiger charge is 2.42. The first-order chi connectivity index (χ1) is 9.21. The molecule has 12 heteroatoms. The molecule has 5 N–H and O–H groups in total. The Balaban J connectivity index is 2.35. The topological polar surface area (TPSA) is 162 Å². The molecule has 114 valence electrons. The molecule has 10 nitrogen and oxygen atoms in total. The predicted octanol–water partition coefficient (Wildman–Crippen LogP) is -0.526. The second-order valence-corrected chi connectivity index (χ2v) is 7.54. The molecule has 1 aromatic heterocycles. The smallest absolute Gasteiger partial charge is 0.354 e. The van der Waals surface area contributed by atoms with Gasteiger partial charge in [0.25, 0.3) is 0 Å². The van der Waals surface area contributed by atoms with Gasteiger partial charge in [-0.3, -0.25) is 14.4 Å². The summed E-state index contributed by atoms with van der Waals surface area (Å²) in [4.78, 5) is 43.0. The summed E-state index contributed by atoms with van der Waals surface area (Å²) in [6.45, 7) is 0.0831. The van der Waals surface area contributed by atoms with Crippen LogP contribution in [0.5, 0.6) is 6.01 Å². The average molecular weight is 327 g/mol. The Morgan fingerprint density at radius 3 is 2.20 bits per heavy atom. The van der Waals surface area contributed by atoms with Crippen LogP contribution in [0.2, 0.25) is 0 Å². The summed E-state index contributed by atoms with van der Waals surface area (Å²) in [7, 11) is -9.89. The lowest BCUT2D eigenvalue weighted by Crippen LogP contribution is -2.30. The highest BCUT2D eigenvalue weighted by atomic mass is 31.2. The van der Waals surface area contributed by atoms with Gasteiger partial charge in [0.05, 0.1) is 6.61 Å². The average Bonchev–Trinajstić information content (AvgIpc) is 2.31. The number of nitrogens with one attached hydrogen (secondary N) is 1. The first-order valence-electron chi connectivity index (χ1n) is 5.45. The quantitative estimate of drug-likeness (QED) is 0.310. The van der Waals surface area contributed by atoms with Crippen LogP contribution in [0.15, 0.2) is 18.5 Å². The van der Waals surface area contributed by atoms with Gasteiger partial charge in [-0.2, -0.15) is 0 Å². The molecule has 1 heterocycles. The molecule has 0 fully saturated rings. The van der Waals surface area contributed by atoms with Gasteiger partial charge in [0, 0.05) is 12.4 Å². The van der Waals surface area contributed by atoms with Gasteiger partial charge in [0.1, 0.15) is 0 Å². The second-order valence-electron chi connectivity index (χ2n) is 3.74. The second kappa shape index (κ2) is 7.24. The third-order valence-electron chi connectivity index (χ3n) is 2.06. The molecule has 0 spiro atoms. The van der Waals surface area contributed by atoms with Gasteiger partial charge in [0.2, 0.25) is 5.52 Å². The van der Waals surface area contributed by atoms with E-state index in [4.69, 9.17) is 24.3 Å². The van der Waals surface area contributed by atoms with Gasteiger partial charge >= 0.3 is 21.2 Å². The van der Waals surface area contributed by atoms with Crippen molar-refractivity contribution in [2.75, 3.05) is 13.2 Å². The molecule has 0 amide bonds. The van der Waals surface area contributed by atoms with E-state index in [2.05, 4.69) is 15.3 Å². The molecule has 0 atom stereocenters. The lowest BCUT2D eigenvalue weighted by atomic mass is 10.4. The van der Waals surface area contributed by atoms with Crippen LogP contribution < -0.4 is 10.1 Å². The summed E-state index contributed by atoms with van der Waals surface area (Å²) < 4.78 is 27.0. The summed E-state index contributed by atoms with van der Waals surface area (Å²) in [5.74, 6) is 0. The zero-order chi connectivity index (χ0) is 15.2. The molecule has 0 saturated heterocycles. The molecule has 0 aliphatic rings. The third kappa shape index (κ3) is 6.06. The van der Waals surface area contributed by atoms with Crippen molar-refractivity contribution in [3.63, 3.8) is 0 Å². The first kappa shape index (κ1) is 17.2. The third-order valence-corrected chi connectivity index (χ3v) is 5.50. The van der Waals surface area contributed by atoms with E-state index in [0.717, 1.165) is 0 Å². The number of aromatic nitrogens is 2. The lowest BCUT2D eigenvalue weighted by molar-refractivity contribution is 0.280. The largest absolute Gasteiger partial charge is 0.463 e. The van der Waals surface area contributed by atoms with Gasteiger partial charge < -0.3 is 24.3 Å². The molecule has 0 aromatic carbocycles. The van der Waals surface area contributed by atoms with Crippen LogP contribution in [-0.4, -0.2) is 48.2 Å². The Morgan fingerprint density at radius 2 is 1.70 bits per heavy atom. The van der Waals surface area contributed by atoms with E-state index in [1.165, 1.54) is 12.4 Å². The first-order valence-corrected chi connectivity index (χ1v) is 8.81. The van der Waals surface area contributed by atoms with E-state index >= 15 is 0 Å². The molecule has 0 aliphatic heterocycles. The van der Waals surface area contributed by atoms with Gasteiger partial charge in [-0.25, -0.2) is 9.97 Å². The van der Waals surface area contributed by atoms with Crippen LogP contribution in [0, 0.1) is 0 Å². The minimum Gasteiger partial charge on any atom is -0.463 e. The summed E-state index contributed by atoms with van der Waals surface area (Å²) in [5, 5.41) is 2.14. The number of hydrogen-bond donors (Lipinski definition) is 5. The minimum absolute atomic E-state index is 0.0479. The van der Waals surface area contributed by atoms with Crippen LogP contribution in [0.1, 0.15) is 6.42 Å². The SMILES string of the molecule is O=P(O)(O)C(NCCCOc1ncccn1)P(=O)(O)O. The zero-order valence-electron chi connectivity index (χ0n) is 10.2.